The minimum Gasteiger partial charge on any atom is -0.478 e. The average molecular weight is 198 g/mol. The van der Waals surface area contributed by atoms with E-state index in [0.29, 0.717) is 12.3 Å². The smallest absolute Gasteiger partial charge is 0.339 e. The summed E-state index contributed by atoms with van der Waals surface area (Å²) >= 11 is 0. The van der Waals surface area contributed by atoms with Gasteiger partial charge in [0.05, 0.1) is 18.3 Å². The molecule has 1 rings (SSSR count). The molecule has 5 heteroatoms. The van der Waals surface area contributed by atoms with E-state index in [9.17, 15) is 4.79 Å². The summed E-state index contributed by atoms with van der Waals surface area (Å²) in [6.07, 6.45) is 1.53. The van der Waals surface area contributed by atoms with Gasteiger partial charge in [0.15, 0.2) is 0 Å². The van der Waals surface area contributed by atoms with Crippen LogP contribution in [0, 0.1) is 6.92 Å². The highest BCUT2D eigenvalue weighted by Crippen LogP contribution is 2.10. The van der Waals surface area contributed by atoms with E-state index in [1.807, 2.05) is 6.92 Å². The second-order valence-corrected chi connectivity index (χ2v) is 3.22. The van der Waals surface area contributed by atoms with Crippen molar-refractivity contribution in [3.05, 3.63) is 17.5 Å². The van der Waals surface area contributed by atoms with E-state index in [1.54, 1.807) is 18.7 Å². The molecule has 0 bridgehead atoms. The summed E-state index contributed by atoms with van der Waals surface area (Å²) in [4.78, 5) is 10.7. The fourth-order valence-corrected chi connectivity index (χ4v) is 1.23. The van der Waals surface area contributed by atoms with Crippen LogP contribution in [-0.2, 0) is 4.74 Å². The third-order valence-corrected chi connectivity index (χ3v) is 2.01. The molecule has 0 aromatic carbocycles. The Balaban J connectivity index is 2.90. The Morgan fingerprint density at radius 1 is 1.79 bits per heavy atom. The first-order valence-electron chi connectivity index (χ1n) is 4.34. The van der Waals surface area contributed by atoms with Crippen LogP contribution in [0.4, 0.5) is 0 Å². The summed E-state index contributed by atoms with van der Waals surface area (Å²) < 4.78 is 6.57. The number of methoxy groups -OCH3 is 1. The zero-order chi connectivity index (χ0) is 10.7. The van der Waals surface area contributed by atoms with Crippen LogP contribution in [0.5, 0.6) is 0 Å². The van der Waals surface area contributed by atoms with Gasteiger partial charge in [0.25, 0.3) is 0 Å². The van der Waals surface area contributed by atoms with E-state index >= 15 is 0 Å². The number of nitrogens with zero attached hydrogens (tertiary/aromatic N) is 2. The quantitative estimate of drug-likeness (QED) is 0.786. The van der Waals surface area contributed by atoms with Gasteiger partial charge < -0.3 is 9.84 Å². The maximum absolute atomic E-state index is 10.7. The SMILES string of the molecule is COC[C@H](C)n1cc(C(=O)O)c(C)n1. The van der Waals surface area contributed by atoms with Gasteiger partial charge in [-0.2, -0.15) is 5.10 Å². The van der Waals surface area contributed by atoms with Crippen LogP contribution in [0.1, 0.15) is 29.0 Å². The molecule has 0 saturated heterocycles. The zero-order valence-corrected chi connectivity index (χ0v) is 8.52. The lowest BCUT2D eigenvalue weighted by Gasteiger charge is -2.09. The number of aromatic carboxylic acids is 1. The number of hydrogen-bond acceptors (Lipinski definition) is 3. The monoisotopic (exact) mass is 198 g/mol. The van der Waals surface area contributed by atoms with Crippen LogP contribution < -0.4 is 0 Å². The lowest BCUT2D eigenvalue weighted by atomic mass is 10.3. The Labute approximate surface area is 82.3 Å². The summed E-state index contributed by atoms with van der Waals surface area (Å²) in [5.74, 6) is -0.946. The largest absolute Gasteiger partial charge is 0.478 e. The highest BCUT2D eigenvalue weighted by atomic mass is 16.5. The van der Waals surface area contributed by atoms with Gasteiger partial charge in [0, 0.05) is 13.3 Å². The first-order valence-corrected chi connectivity index (χ1v) is 4.34. The fraction of sp³-hybridized carbons (Fsp3) is 0.556. The maximum atomic E-state index is 10.7. The van der Waals surface area contributed by atoms with Crippen LogP contribution in [0.15, 0.2) is 6.20 Å². The van der Waals surface area contributed by atoms with Gasteiger partial charge in [-0.15, -0.1) is 0 Å². The fourth-order valence-electron chi connectivity index (χ4n) is 1.23. The zero-order valence-electron chi connectivity index (χ0n) is 8.52. The molecule has 0 aliphatic carbocycles. The highest BCUT2D eigenvalue weighted by Gasteiger charge is 2.14. The molecule has 1 atom stereocenters. The Morgan fingerprint density at radius 2 is 2.43 bits per heavy atom. The van der Waals surface area contributed by atoms with E-state index in [-0.39, 0.29) is 11.6 Å². The van der Waals surface area contributed by atoms with Gasteiger partial charge in [-0.3, -0.25) is 4.68 Å². The molecule has 1 heterocycles. The Kier molecular flexibility index (Phi) is 3.24. The number of aryl methyl sites for hydroxylation is 1. The van der Waals surface area contributed by atoms with E-state index in [4.69, 9.17) is 9.84 Å². The molecule has 0 unspecified atom stereocenters. The number of rotatable bonds is 4. The number of carboxylic acids is 1. The predicted octanol–water partition coefficient (Wildman–Crippen LogP) is 1.10. The summed E-state index contributed by atoms with van der Waals surface area (Å²) in [5.41, 5.74) is 0.772. The van der Waals surface area contributed by atoms with E-state index in [0.717, 1.165) is 0 Å². The summed E-state index contributed by atoms with van der Waals surface area (Å²) in [6.45, 7) is 4.11. The van der Waals surface area contributed by atoms with Crippen molar-refractivity contribution in [3.63, 3.8) is 0 Å². The minimum absolute atomic E-state index is 0.0480. The normalized spacial score (nSPS) is 12.8. The van der Waals surface area contributed by atoms with Crippen molar-refractivity contribution in [2.75, 3.05) is 13.7 Å². The van der Waals surface area contributed by atoms with Crippen molar-refractivity contribution in [1.29, 1.82) is 0 Å². The number of carboxylic acid groups (broad SMARTS) is 1. The highest BCUT2D eigenvalue weighted by molar-refractivity contribution is 5.88. The second kappa shape index (κ2) is 4.23. The van der Waals surface area contributed by atoms with Crippen LogP contribution in [0.2, 0.25) is 0 Å². The molecule has 14 heavy (non-hydrogen) atoms. The molecule has 0 amide bonds. The molecule has 1 aromatic heterocycles. The summed E-state index contributed by atoms with van der Waals surface area (Å²) in [6, 6.07) is 0.0480. The third kappa shape index (κ3) is 2.11. The van der Waals surface area contributed by atoms with Gasteiger partial charge in [0.2, 0.25) is 0 Å². The number of hydrogen-bond donors (Lipinski definition) is 1. The first-order chi connectivity index (χ1) is 6.56. The Hall–Kier alpha value is -1.36. The minimum atomic E-state index is -0.946. The van der Waals surface area contributed by atoms with Crippen molar-refractivity contribution in [2.45, 2.75) is 19.9 Å². The van der Waals surface area contributed by atoms with E-state index in [1.165, 1.54) is 6.20 Å². The number of carbonyl (C=O) groups is 1. The van der Waals surface area contributed by atoms with Crippen molar-refractivity contribution in [2.24, 2.45) is 0 Å². The van der Waals surface area contributed by atoms with Crippen LogP contribution in [-0.4, -0.2) is 34.6 Å². The molecular weight excluding hydrogens is 184 g/mol. The molecule has 0 spiro atoms. The van der Waals surface area contributed by atoms with Gasteiger partial charge in [-0.1, -0.05) is 0 Å². The van der Waals surface area contributed by atoms with Gasteiger partial charge in [-0.05, 0) is 13.8 Å². The molecule has 1 aromatic rings. The molecule has 5 nitrogen and oxygen atoms in total. The van der Waals surface area contributed by atoms with E-state index in [2.05, 4.69) is 5.10 Å². The third-order valence-electron chi connectivity index (χ3n) is 2.01. The maximum Gasteiger partial charge on any atom is 0.339 e. The standard InChI is InChI=1S/C9H14N2O3/c1-6(5-14-3)11-4-8(9(12)13)7(2)10-11/h4,6H,5H2,1-3H3,(H,12,13)/t6-/m0/s1. The van der Waals surface area contributed by atoms with Gasteiger partial charge >= 0.3 is 5.97 Å². The van der Waals surface area contributed by atoms with Gasteiger partial charge in [-0.25, -0.2) is 4.79 Å². The molecule has 0 fully saturated rings. The average Bonchev–Trinajstić information content (AvgIpc) is 2.48. The van der Waals surface area contributed by atoms with E-state index < -0.39 is 5.97 Å². The lowest BCUT2D eigenvalue weighted by Crippen LogP contribution is -2.11. The Bertz CT molecular complexity index is 333. The molecular formula is C9H14N2O3. The predicted molar refractivity (Wildman–Crippen MR) is 50.5 cm³/mol. The molecule has 0 aliphatic rings. The Morgan fingerprint density at radius 3 is 2.86 bits per heavy atom. The molecule has 0 radical (unpaired) electrons. The molecule has 78 valence electrons. The lowest BCUT2D eigenvalue weighted by molar-refractivity contribution is 0.0696. The van der Waals surface area contributed by atoms with Crippen molar-refractivity contribution >= 4 is 5.97 Å². The van der Waals surface area contributed by atoms with Crippen LogP contribution >= 0.6 is 0 Å². The first kappa shape index (κ1) is 10.7. The topological polar surface area (TPSA) is 64.3 Å². The van der Waals surface area contributed by atoms with Crippen molar-refractivity contribution in [3.8, 4) is 0 Å². The molecule has 0 saturated carbocycles. The van der Waals surface area contributed by atoms with Crippen molar-refractivity contribution in [1.82, 2.24) is 9.78 Å². The van der Waals surface area contributed by atoms with Crippen molar-refractivity contribution < 1.29 is 14.6 Å². The number of ether oxygens (including phenoxy) is 1. The summed E-state index contributed by atoms with van der Waals surface area (Å²) in [5, 5.41) is 12.9. The van der Waals surface area contributed by atoms with Crippen LogP contribution in [0.3, 0.4) is 0 Å². The molecule has 1 N–H and O–H groups in total. The van der Waals surface area contributed by atoms with Crippen LogP contribution in [0.25, 0.3) is 0 Å². The second-order valence-electron chi connectivity index (χ2n) is 3.22. The summed E-state index contributed by atoms with van der Waals surface area (Å²) in [7, 11) is 1.60. The molecule has 0 aliphatic heterocycles. The van der Waals surface area contributed by atoms with Gasteiger partial charge in [0.1, 0.15) is 5.56 Å². The number of aromatic nitrogens is 2.